The van der Waals surface area contributed by atoms with Gasteiger partial charge in [-0.1, -0.05) is 26.0 Å². The van der Waals surface area contributed by atoms with Crippen LogP contribution in [0.5, 0.6) is 0 Å². The minimum absolute atomic E-state index is 0.117. The topological polar surface area (TPSA) is 64.3 Å². The van der Waals surface area contributed by atoms with Crippen LogP contribution in [0.1, 0.15) is 43.9 Å². The van der Waals surface area contributed by atoms with Gasteiger partial charge in [-0.05, 0) is 36.0 Å². The van der Waals surface area contributed by atoms with Crippen LogP contribution in [-0.4, -0.2) is 22.6 Å². The number of hydrogen-bond acceptors (Lipinski definition) is 2. The summed E-state index contributed by atoms with van der Waals surface area (Å²) in [5.41, 5.74) is 1.71. The number of carbonyl (C=O) groups is 1. The number of likely N-dealkylation sites (tertiary alicyclic amines) is 1. The first-order chi connectivity index (χ1) is 8.93. The van der Waals surface area contributed by atoms with E-state index in [-0.39, 0.29) is 11.5 Å². The Hall–Kier alpha value is -2.02. The van der Waals surface area contributed by atoms with Crippen molar-refractivity contribution in [2.45, 2.75) is 32.7 Å². The van der Waals surface area contributed by atoms with E-state index in [0.717, 1.165) is 18.4 Å². The van der Waals surface area contributed by atoms with E-state index >= 15 is 0 Å². The van der Waals surface area contributed by atoms with Gasteiger partial charge >= 0.3 is 6.09 Å². The van der Waals surface area contributed by atoms with E-state index in [1.54, 1.807) is 12.1 Å². The molecule has 19 heavy (non-hydrogen) atoms. The molecule has 0 spiro atoms. The molecule has 1 fully saturated rings. The smallest absolute Gasteiger partial charge is 0.407 e. The largest absolute Gasteiger partial charge is 0.465 e. The molecule has 0 bridgehead atoms. The average Bonchev–Trinajstić information content (AvgIpc) is 2.37. The Kier molecular flexibility index (Phi) is 3.48. The zero-order valence-corrected chi connectivity index (χ0v) is 11.3. The Morgan fingerprint density at radius 3 is 2.58 bits per heavy atom. The van der Waals surface area contributed by atoms with Gasteiger partial charge in [-0.15, -0.1) is 0 Å². The summed E-state index contributed by atoms with van der Waals surface area (Å²) in [6.07, 6.45) is 0.821. The lowest BCUT2D eigenvalue weighted by Gasteiger charge is -2.42. The molecular formula is C15H18N2O2. The Bertz CT molecular complexity index is 514. The number of rotatable bonds is 1. The van der Waals surface area contributed by atoms with Crippen LogP contribution < -0.4 is 0 Å². The number of nitriles is 1. The number of piperidine rings is 1. The second-order valence-corrected chi connectivity index (χ2v) is 5.84. The summed E-state index contributed by atoms with van der Waals surface area (Å²) in [5.74, 6) is 0. The molecule has 1 aliphatic heterocycles. The molecule has 1 amide bonds. The molecule has 1 saturated heterocycles. The van der Waals surface area contributed by atoms with Gasteiger partial charge < -0.3 is 10.0 Å². The number of hydrogen-bond donors (Lipinski definition) is 1. The predicted octanol–water partition coefficient (Wildman–Crippen LogP) is 3.40. The summed E-state index contributed by atoms with van der Waals surface area (Å²) in [6.45, 7) is 4.90. The van der Waals surface area contributed by atoms with E-state index in [9.17, 15) is 9.90 Å². The third-order valence-corrected chi connectivity index (χ3v) is 3.82. The van der Waals surface area contributed by atoms with Crippen LogP contribution >= 0.6 is 0 Å². The molecule has 1 atom stereocenters. The third kappa shape index (κ3) is 2.87. The highest BCUT2D eigenvalue weighted by atomic mass is 16.4. The number of amides is 1. The standard InChI is InChI=1S/C15H18N2O2/c1-15(2)7-8-17(14(18)19)13(9-15)12-5-3-11(10-16)4-6-12/h3-6,13H,7-9H2,1-2H3,(H,18,19). The van der Waals surface area contributed by atoms with Crippen molar-refractivity contribution in [3.05, 3.63) is 35.4 Å². The van der Waals surface area contributed by atoms with Crippen molar-refractivity contribution in [1.29, 1.82) is 5.26 Å². The quantitative estimate of drug-likeness (QED) is 0.839. The molecule has 100 valence electrons. The summed E-state index contributed by atoms with van der Waals surface area (Å²) in [5, 5.41) is 18.1. The maximum atomic E-state index is 11.3. The molecule has 4 nitrogen and oxygen atoms in total. The highest BCUT2D eigenvalue weighted by Gasteiger charge is 2.36. The number of benzene rings is 1. The zero-order valence-electron chi connectivity index (χ0n) is 11.3. The molecule has 0 saturated carbocycles. The maximum absolute atomic E-state index is 11.3. The second-order valence-electron chi connectivity index (χ2n) is 5.84. The molecule has 1 heterocycles. The molecule has 1 N–H and O–H groups in total. The third-order valence-electron chi connectivity index (χ3n) is 3.82. The second kappa shape index (κ2) is 4.93. The fourth-order valence-electron chi connectivity index (χ4n) is 2.62. The van der Waals surface area contributed by atoms with E-state index in [1.165, 1.54) is 4.90 Å². The predicted molar refractivity (Wildman–Crippen MR) is 71.6 cm³/mol. The normalized spacial score (nSPS) is 21.7. The summed E-state index contributed by atoms with van der Waals surface area (Å²) in [6, 6.07) is 9.18. The van der Waals surface area contributed by atoms with E-state index in [4.69, 9.17) is 5.26 Å². The molecule has 4 heteroatoms. The summed E-state index contributed by atoms with van der Waals surface area (Å²) < 4.78 is 0. The summed E-state index contributed by atoms with van der Waals surface area (Å²) >= 11 is 0. The van der Waals surface area contributed by atoms with E-state index in [1.807, 2.05) is 12.1 Å². The lowest BCUT2D eigenvalue weighted by Crippen LogP contribution is -2.42. The van der Waals surface area contributed by atoms with Crippen LogP contribution in [0.25, 0.3) is 0 Å². The lowest BCUT2D eigenvalue weighted by atomic mass is 9.77. The van der Waals surface area contributed by atoms with Crippen LogP contribution in [0, 0.1) is 16.7 Å². The fraction of sp³-hybridized carbons (Fsp3) is 0.467. The van der Waals surface area contributed by atoms with Gasteiger partial charge in [-0.2, -0.15) is 5.26 Å². The van der Waals surface area contributed by atoms with Gasteiger partial charge in [0.05, 0.1) is 17.7 Å². The molecule has 0 aliphatic carbocycles. The molecule has 1 aromatic rings. The van der Waals surface area contributed by atoms with Crippen molar-refractivity contribution in [1.82, 2.24) is 4.90 Å². The SMILES string of the molecule is CC1(C)CCN(C(=O)O)C(c2ccc(C#N)cc2)C1. The maximum Gasteiger partial charge on any atom is 0.407 e. The van der Waals surface area contributed by atoms with Crippen molar-refractivity contribution < 1.29 is 9.90 Å². The minimum Gasteiger partial charge on any atom is -0.465 e. The van der Waals surface area contributed by atoms with Gasteiger partial charge in [-0.25, -0.2) is 4.79 Å². The van der Waals surface area contributed by atoms with Gasteiger partial charge in [0.1, 0.15) is 0 Å². The molecular weight excluding hydrogens is 240 g/mol. The van der Waals surface area contributed by atoms with Crippen LogP contribution in [-0.2, 0) is 0 Å². The minimum atomic E-state index is -0.871. The first-order valence-electron chi connectivity index (χ1n) is 6.42. The Morgan fingerprint density at radius 2 is 2.05 bits per heavy atom. The molecule has 1 aromatic carbocycles. The van der Waals surface area contributed by atoms with Crippen molar-refractivity contribution >= 4 is 6.09 Å². The Balaban J connectivity index is 2.31. The van der Waals surface area contributed by atoms with Gasteiger partial charge in [0.2, 0.25) is 0 Å². The zero-order chi connectivity index (χ0) is 14.0. The summed E-state index contributed by atoms with van der Waals surface area (Å²) in [4.78, 5) is 12.9. The van der Waals surface area contributed by atoms with Crippen molar-refractivity contribution in [2.75, 3.05) is 6.54 Å². The molecule has 1 aliphatic rings. The first-order valence-corrected chi connectivity index (χ1v) is 6.42. The van der Waals surface area contributed by atoms with Crippen molar-refractivity contribution in [3.63, 3.8) is 0 Å². The van der Waals surface area contributed by atoms with Gasteiger partial charge in [0.25, 0.3) is 0 Å². The molecule has 0 radical (unpaired) electrons. The molecule has 1 unspecified atom stereocenters. The highest BCUT2D eigenvalue weighted by molar-refractivity contribution is 5.66. The first kappa shape index (κ1) is 13.4. The van der Waals surface area contributed by atoms with Crippen LogP contribution in [0.2, 0.25) is 0 Å². The van der Waals surface area contributed by atoms with Crippen LogP contribution in [0.15, 0.2) is 24.3 Å². The monoisotopic (exact) mass is 258 g/mol. The average molecular weight is 258 g/mol. The van der Waals surface area contributed by atoms with E-state index in [0.29, 0.717) is 12.1 Å². The van der Waals surface area contributed by atoms with Gasteiger partial charge in [0, 0.05) is 6.54 Å². The van der Waals surface area contributed by atoms with E-state index in [2.05, 4.69) is 19.9 Å². The van der Waals surface area contributed by atoms with Gasteiger partial charge in [-0.3, -0.25) is 0 Å². The Labute approximate surface area is 113 Å². The van der Waals surface area contributed by atoms with Crippen LogP contribution in [0.3, 0.4) is 0 Å². The van der Waals surface area contributed by atoms with Crippen molar-refractivity contribution in [3.8, 4) is 6.07 Å². The van der Waals surface area contributed by atoms with Crippen molar-refractivity contribution in [2.24, 2.45) is 5.41 Å². The fourth-order valence-corrected chi connectivity index (χ4v) is 2.62. The Morgan fingerprint density at radius 1 is 1.42 bits per heavy atom. The van der Waals surface area contributed by atoms with E-state index < -0.39 is 6.09 Å². The summed E-state index contributed by atoms with van der Waals surface area (Å²) in [7, 11) is 0. The highest BCUT2D eigenvalue weighted by Crippen LogP contribution is 2.41. The molecule has 2 rings (SSSR count). The lowest BCUT2D eigenvalue weighted by molar-refractivity contribution is 0.0644. The van der Waals surface area contributed by atoms with Gasteiger partial charge in [0.15, 0.2) is 0 Å². The number of carboxylic acid groups (broad SMARTS) is 1. The van der Waals surface area contributed by atoms with Crippen LogP contribution in [0.4, 0.5) is 4.79 Å². The molecule has 0 aromatic heterocycles. The number of nitrogens with zero attached hydrogens (tertiary/aromatic N) is 2.